The van der Waals surface area contributed by atoms with Gasteiger partial charge in [-0.2, -0.15) is 0 Å². The van der Waals surface area contributed by atoms with Crippen molar-refractivity contribution in [1.29, 1.82) is 0 Å². The Morgan fingerprint density at radius 1 is 1.56 bits per heavy atom. The van der Waals surface area contributed by atoms with Crippen LogP contribution in [-0.2, 0) is 17.8 Å². The molecule has 0 saturated carbocycles. The predicted molar refractivity (Wildman–Crippen MR) is 63.3 cm³/mol. The van der Waals surface area contributed by atoms with Gasteiger partial charge in [-0.25, -0.2) is 0 Å². The van der Waals surface area contributed by atoms with Crippen molar-refractivity contribution in [2.75, 3.05) is 12.4 Å². The number of ether oxygens (including phenoxy) is 1. The number of thioether (sulfide) groups is 1. The fourth-order valence-electron chi connectivity index (χ4n) is 1.84. The largest absolute Gasteiger partial charge is 0.377 e. The van der Waals surface area contributed by atoms with Crippen molar-refractivity contribution >= 4 is 11.8 Å². The van der Waals surface area contributed by atoms with Gasteiger partial charge in [0.1, 0.15) is 5.82 Å². The van der Waals surface area contributed by atoms with Crippen molar-refractivity contribution in [3.63, 3.8) is 0 Å². The highest BCUT2D eigenvalue weighted by Gasteiger charge is 2.17. The van der Waals surface area contributed by atoms with Gasteiger partial charge < -0.3 is 15.0 Å². The average Bonchev–Trinajstić information content (AvgIpc) is 2.94. The summed E-state index contributed by atoms with van der Waals surface area (Å²) in [4.78, 5) is 0. The Bertz CT molecular complexity index is 336. The van der Waals surface area contributed by atoms with Crippen LogP contribution in [0.15, 0.2) is 5.16 Å². The van der Waals surface area contributed by atoms with E-state index < -0.39 is 0 Å². The summed E-state index contributed by atoms with van der Waals surface area (Å²) in [5.74, 6) is 1.82. The molecule has 1 aromatic rings. The van der Waals surface area contributed by atoms with Crippen LogP contribution in [-0.4, -0.2) is 33.2 Å². The summed E-state index contributed by atoms with van der Waals surface area (Å²) in [6, 6.07) is 0. The van der Waals surface area contributed by atoms with E-state index in [1.807, 2.05) is 0 Å². The number of nitrogens with zero attached hydrogens (tertiary/aromatic N) is 3. The molecule has 90 valence electrons. The van der Waals surface area contributed by atoms with E-state index in [1.54, 1.807) is 11.8 Å². The van der Waals surface area contributed by atoms with Gasteiger partial charge in [-0.1, -0.05) is 11.8 Å². The molecule has 1 aromatic heterocycles. The zero-order valence-electron chi connectivity index (χ0n) is 9.56. The summed E-state index contributed by atoms with van der Waals surface area (Å²) in [5.41, 5.74) is 5.60. The van der Waals surface area contributed by atoms with Crippen LogP contribution >= 0.6 is 11.8 Å². The topological polar surface area (TPSA) is 66.0 Å². The molecule has 6 heteroatoms. The second-order valence-corrected chi connectivity index (χ2v) is 4.78. The Balaban J connectivity index is 1.94. The molecule has 0 bridgehead atoms. The Kier molecular flexibility index (Phi) is 4.20. The molecule has 0 spiro atoms. The second-order valence-electron chi connectivity index (χ2n) is 3.79. The molecule has 1 aliphatic rings. The normalized spacial score (nSPS) is 20.5. The van der Waals surface area contributed by atoms with Crippen LogP contribution in [0.2, 0.25) is 0 Å². The minimum atomic E-state index is 0.383. The van der Waals surface area contributed by atoms with E-state index in [2.05, 4.69) is 21.7 Å². The van der Waals surface area contributed by atoms with Crippen LogP contribution in [0.5, 0.6) is 0 Å². The number of nitrogens with two attached hydrogens (primary N) is 1. The second kappa shape index (κ2) is 5.65. The summed E-state index contributed by atoms with van der Waals surface area (Å²) < 4.78 is 7.65. The fourth-order valence-corrected chi connectivity index (χ4v) is 2.92. The molecule has 2 N–H and O–H groups in total. The first-order valence-corrected chi connectivity index (χ1v) is 6.70. The smallest absolute Gasteiger partial charge is 0.191 e. The fraction of sp³-hybridized carbons (Fsp3) is 0.800. The minimum Gasteiger partial charge on any atom is -0.377 e. The monoisotopic (exact) mass is 242 g/mol. The summed E-state index contributed by atoms with van der Waals surface area (Å²) in [6.45, 7) is 4.30. The van der Waals surface area contributed by atoms with Gasteiger partial charge in [-0.3, -0.25) is 0 Å². The first-order chi connectivity index (χ1) is 7.85. The van der Waals surface area contributed by atoms with E-state index in [4.69, 9.17) is 10.5 Å². The van der Waals surface area contributed by atoms with Gasteiger partial charge in [-0.05, 0) is 19.8 Å². The SMILES string of the molecule is CCn1c(CN)nnc1SCC1CCCO1. The highest BCUT2D eigenvalue weighted by atomic mass is 32.2. The molecule has 0 aliphatic carbocycles. The van der Waals surface area contributed by atoms with Gasteiger partial charge in [0.2, 0.25) is 0 Å². The summed E-state index contributed by atoms with van der Waals surface area (Å²) >= 11 is 1.71. The van der Waals surface area contributed by atoms with E-state index in [1.165, 1.54) is 6.42 Å². The lowest BCUT2D eigenvalue weighted by Gasteiger charge is -2.09. The molecule has 1 unspecified atom stereocenters. The number of rotatable bonds is 5. The van der Waals surface area contributed by atoms with Crippen LogP contribution < -0.4 is 5.73 Å². The Hall–Kier alpha value is -0.590. The Morgan fingerprint density at radius 3 is 3.06 bits per heavy atom. The lowest BCUT2D eigenvalue weighted by Crippen LogP contribution is -2.11. The van der Waals surface area contributed by atoms with Gasteiger partial charge in [0, 0.05) is 18.9 Å². The van der Waals surface area contributed by atoms with Crippen molar-refractivity contribution in [2.45, 2.75) is 44.1 Å². The highest BCUT2D eigenvalue weighted by Crippen LogP contribution is 2.22. The van der Waals surface area contributed by atoms with Crippen LogP contribution in [0.4, 0.5) is 0 Å². The molecule has 1 aliphatic heterocycles. The third-order valence-electron chi connectivity index (χ3n) is 2.71. The molecule has 5 nitrogen and oxygen atoms in total. The molecule has 16 heavy (non-hydrogen) atoms. The lowest BCUT2D eigenvalue weighted by atomic mass is 10.3. The molecule has 1 fully saturated rings. The predicted octanol–water partition coefficient (Wildman–Crippen LogP) is 1.03. The number of hydrogen-bond acceptors (Lipinski definition) is 5. The maximum atomic E-state index is 5.60. The summed E-state index contributed by atoms with van der Waals surface area (Å²) in [5, 5.41) is 9.19. The van der Waals surface area contributed by atoms with Gasteiger partial charge in [0.05, 0.1) is 12.6 Å². The van der Waals surface area contributed by atoms with Crippen LogP contribution in [0, 0.1) is 0 Å². The standard InChI is InChI=1S/C10H18N4OS/c1-2-14-9(6-11)12-13-10(14)16-7-8-4-3-5-15-8/h8H,2-7,11H2,1H3. The molecule has 0 radical (unpaired) electrons. The molecular weight excluding hydrogens is 224 g/mol. The quantitative estimate of drug-likeness (QED) is 0.781. The first-order valence-electron chi connectivity index (χ1n) is 5.71. The number of aromatic nitrogens is 3. The maximum absolute atomic E-state index is 5.60. The van der Waals surface area contributed by atoms with Crippen molar-refractivity contribution < 1.29 is 4.74 Å². The third-order valence-corrected chi connectivity index (χ3v) is 3.81. The van der Waals surface area contributed by atoms with Crippen LogP contribution in [0.25, 0.3) is 0 Å². The van der Waals surface area contributed by atoms with Crippen LogP contribution in [0.3, 0.4) is 0 Å². The number of hydrogen-bond donors (Lipinski definition) is 1. The Labute approximate surface area is 99.7 Å². The molecule has 0 aromatic carbocycles. The molecular formula is C10H18N4OS. The summed E-state index contributed by atoms with van der Waals surface area (Å²) in [7, 11) is 0. The molecule has 1 atom stereocenters. The molecule has 0 amide bonds. The van der Waals surface area contributed by atoms with Gasteiger partial charge in [-0.15, -0.1) is 10.2 Å². The average molecular weight is 242 g/mol. The first kappa shape index (κ1) is 11.9. The van der Waals surface area contributed by atoms with E-state index in [-0.39, 0.29) is 0 Å². The maximum Gasteiger partial charge on any atom is 0.191 e. The van der Waals surface area contributed by atoms with Crippen molar-refractivity contribution in [1.82, 2.24) is 14.8 Å². The third kappa shape index (κ3) is 2.56. The van der Waals surface area contributed by atoms with E-state index >= 15 is 0 Å². The van der Waals surface area contributed by atoms with E-state index in [0.717, 1.165) is 36.3 Å². The molecule has 1 saturated heterocycles. The highest BCUT2D eigenvalue weighted by molar-refractivity contribution is 7.99. The van der Waals surface area contributed by atoms with E-state index in [0.29, 0.717) is 12.6 Å². The van der Waals surface area contributed by atoms with Crippen LogP contribution in [0.1, 0.15) is 25.6 Å². The van der Waals surface area contributed by atoms with Crippen molar-refractivity contribution in [3.05, 3.63) is 5.82 Å². The van der Waals surface area contributed by atoms with Crippen molar-refractivity contribution in [2.24, 2.45) is 5.73 Å². The van der Waals surface area contributed by atoms with Gasteiger partial charge in [0.25, 0.3) is 0 Å². The van der Waals surface area contributed by atoms with Crippen molar-refractivity contribution in [3.8, 4) is 0 Å². The minimum absolute atomic E-state index is 0.383. The molecule has 2 heterocycles. The Morgan fingerprint density at radius 2 is 2.44 bits per heavy atom. The summed E-state index contributed by atoms with van der Waals surface area (Å²) in [6.07, 6.45) is 2.73. The molecule has 2 rings (SSSR count). The van der Waals surface area contributed by atoms with Gasteiger partial charge in [0.15, 0.2) is 5.16 Å². The van der Waals surface area contributed by atoms with Gasteiger partial charge >= 0.3 is 0 Å². The lowest BCUT2D eigenvalue weighted by molar-refractivity contribution is 0.129. The zero-order chi connectivity index (χ0) is 11.4. The van der Waals surface area contributed by atoms with E-state index in [9.17, 15) is 0 Å². The zero-order valence-corrected chi connectivity index (χ0v) is 10.4.